The molecule has 0 radical (unpaired) electrons. The summed E-state index contributed by atoms with van der Waals surface area (Å²) in [5.41, 5.74) is 7.57. The lowest BCUT2D eigenvalue weighted by atomic mass is 10.0. The van der Waals surface area contributed by atoms with E-state index in [1.54, 1.807) is 6.20 Å². The predicted octanol–water partition coefficient (Wildman–Crippen LogP) is 2.05. The highest BCUT2D eigenvalue weighted by molar-refractivity contribution is 5.81. The van der Waals surface area contributed by atoms with E-state index in [1.165, 1.54) is 18.4 Å². The largest absolute Gasteiger partial charge is 0.325 e. The van der Waals surface area contributed by atoms with Crippen molar-refractivity contribution in [2.75, 3.05) is 0 Å². The Morgan fingerprint density at radius 1 is 1.12 bits per heavy atom. The molecule has 0 amide bonds. The summed E-state index contributed by atoms with van der Waals surface area (Å²) < 4.78 is 0. The summed E-state index contributed by atoms with van der Waals surface area (Å²) >= 11 is 0. The highest BCUT2D eigenvalue weighted by Crippen LogP contribution is 2.36. The van der Waals surface area contributed by atoms with Crippen LogP contribution in [0.3, 0.4) is 0 Å². The fraction of sp³-hybridized carbons (Fsp3) is 0.385. The molecule has 0 atom stereocenters. The van der Waals surface area contributed by atoms with E-state index in [1.807, 2.05) is 6.20 Å². The first-order chi connectivity index (χ1) is 7.75. The molecule has 1 fully saturated rings. The van der Waals surface area contributed by atoms with Gasteiger partial charge in [0.1, 0.15) is 0 Å². The smallest absolute Gasteiger partial charge is 0.0574 e. The Bertz CT molecular complexity index is 517. The Morgan fingerprint density at radius 2 is 1.88 bits per heavy atom. The third-order valence-corrected chi connectivity index (χ3v) is 3.42. The molecule has 2 N–H and O–H groups in total. The molecule has 0 saturated heterocycles. The van der Waals surface area contributed by atoms with Crippen molar-refractivity contribution in [2.45, 2.75) is 31.2 Å². The molecule has 3 heteroatoms. The second-order valence-corrected chi connectivity index (χ2v) is 4.81. The first-order valence-electron chi connectivity index (χ1n) is 5.73. The van der Waals surface area contributed by atoms with Crippen LogP contribution in [0.15, 0.2) is 30.6 Å². The molecule has 0 spiro atoms. The summed E-state index contributed by atoms with van der Waals surface area (Å²) in [6, 6.07) is 6.46. The number of rotatable bonds is 3. The molecule has 1 heterocycles. The first-order valence-corrected chi connectivity index (χ1v) is 5.73. The molecule has 0 aliphatic heterocycles. The molecule has 1 aromatic carbocycles. The van der Waals surface area contributed by atoms with Gasteiger partial charge in [-0.1, -0.05) is 12.1 Å². The van der Waals surface area contributed by atoms with Gasteiger partial charge in [0.25, 0.3) is 0 Å². The lowest BCUT2D eigenvalue weighted by Gasteiger charge is -2.08. The first kappa shape index (κ1) is 9.73. The van der Waals surface area contributed by atoms with Gasteiger partial charge in [-0.15, -0.1) is 0 Å². The van der Waals surface area contributed by atoms with E-state index in [2.05, 4.69) is 28.4 Å². The maximum Gasteiger partial charge on any atom is 0.0574 e. The van der Waals surface area contributed by atoms with Gasteiger partial charge in [-0.3, -0.25) is 0 Å². The number of aromatic nitrogens is 2. The minimum Gasteiger partial charge on any atom is -0.325 e. The number of benzene rings is 1. The molecule has 16 heavy (non-hydrogen) atoms. The second-order valence-electron chi connectivity index (χ2n) is 4.81. The van der Waals surface area contributed by atoms with Crippen LogP contribution in [0.5, 0.6) is 0 Å². The van der Waals surface area contributed by atoms with Crippen molar-refractivity contribution in [1.82, 2.24) is 10.2 Å². The Balaban J connectivity index is 1.81. The van der Waals surface area contributed by atoms with E-state index in [0.29, 0.717) is 0 Å². The number of aryl methyl sites for hydroxylation is 1. The van der Waals surface area contributed by atoms with Crippen LogP contribution in [0.1, 0.15) is 24.8 Å². The van der Waals surface area contributed by atoms with Crippen molar-refractivity contribution in [3.05, 3.63) is 36.2 Å². The van der Waals surface area contributed by atoms with Crippen LogP contribution in [0.25, 0.3) is 10.8 Å². The van der Waals surface area contributed by atoms with Gasteiger partial charge in [0.05, 0.1) is 12.4 Å². The lowest BCUT2D eigenvalue weighted by molar-refractivity contribution is 0.609. The van der Waals surface area contributed by atoms with Crippen LogP contribution in [-0.4, -0.2) is 15.7 Å². The number of hydrogen-bond acceptors (Lipinski definition) is 3. The molecular formula is C13H15N3. The third-order valence-electron chi connectivity index (χ3n) is 3.42. The van der Waals surface area contributed by atoms with Crippen molar-refractivity contribution in [3.8, 4) is 0 Å². The zero-order chi connectivity index (χ0) is 11.0. The van der Waals surface area contributed by atoms with Gasteiger partial charge in [0.2, 0.25) is 0 Å². The minimum absolute atomic E-state index is 0.144. The van der Waals surface area contributed by atoms with Gasteiger partial charge < -0.3 is 5.73 Å². The summed E-state index contributed by atoms with van der Waals surface area (Å²) in [6.07, 6.45) is 8.14. The minimum atomic E-state index is 0.144. The van der Waals surface area contributed by atoms with Crippen molar-refractivity contribution < 1.29 is 0 Å². The van der Waals surface area contributed by atoms with Crippen molar-refractivity contribution in [2.24, 2.45) is 5.73 Å². The Labute approximate surface area is 94.7 Å². The van der Waals surface area contributed by atoms with Gasteiger partial charge in [0.15, 0.2) is 0 Å². The molecule has 1 aromatic heterocycles. The quantitative estimate of drug-likeness (QED) is 0.849. The van der Waals surface area contributed by atoms with Crippen LogP contribution in [0, 0.1) is 0 Å². The molecule has 3 rings (SSSR count). The molecule has 0 unspecified atom stereocenters. The summed E-state index contributed by atoms with van der Waals surface area (Å²) in [4.78, 5) is 0. The fourth-order valence-electron chi connectivity index (χ4n) is 2.00. The molecule has 0 bridgehead atoms. The maximum absolute atomic E-state index is 6.08. The summed E-state index contributed by atoms with van der Waals surface area (Å²) in [5, 5.41) is 10.1. The van der Waals surface area contributed by atoms with E-state index in [4.69, 9.17) is 5.73 Å². The van der Waals surface area contributed by atoms with Gasteiger partial charge >= 0.3 is 0 Å². The summed E-state index contributed by atoms with van der Waals surface area (Å²) in [7, 11) is 0. The molecule has 82 valence electrons. The summed E-state index contributed by atoms with van der Waals surface area (Å²) in [5.74, 6) is 0. The average molecular weight is 213 g/mol. The summed E-state index contributed by atoms with van der Waals surface area (Å²) in [6.45, 7) is 0. The monoisotopic (exact) mass is 213 g/mol. The Kier molecular flexibility index (Phi) is 2.14. The highest BCUT2D eigenvalue weighted by atomic mass is 15.1. The number of fused-ring (bicyclic) bond motifs is 1. The van der Waals surface area contributed by atoms with Crippen LogP contribution >= 0.6 is 0 Å². The normalized spacial score (nSPS) is 17.6. The van der Waals surface area contributed by atoms with Crippen molar-refractivity contribution >= 4 is 10.8 Å². The van der Waals surface area contributed by atoms with E-state index in [0.717, 1.165) is 23.6 Å². The molecular weight excluding hydrogens is 198 g/mol. The van der Waals surface area contributed by atoms with Crippen molar-refractivity contribution in [1.29, 1.82) is 0 Å². The van der Waals surface area contributed by atoms with Crippen LogP contribution < -0.4 is 5.73 Å². The number of nitrogens with zero attached hydrogens (tertiary/aromatic N) is 2. The molecule has 1 aliphatic rings. The van der Waals surface area contributed by atoms with Crippen LogP contribution in [-0.2, 0) is 6.42 Å². The van der Waals surface area contributed by atoms with Crippen LogP contribution in [0.4, 0.5) is 0 Å². The Hall–Kier alpha value is -1.48. The topological polar surface area (TPSA) is 51.8 Å². The van der Waals surface area contributed by atoms with Gasteiger partial charge in [0, 0.05) is 16.3 Å². The lowest BCUT2D eigenvalue weighted by Crippen LogP contribution is -2.22. The van der Waals surface area contributed by atoms with Gasteiger partial charge in [-0.2, -0.15) is 10.2 Å². The van der Waals surface area contributed by atoms with E-state index >= 15 is 0 Å². The third kappa shape index (κ3) is 1.91. The predicted molar refractivity (Wildman–Crippen MR) is 64.0 cm³/mol. The zero-order valence-electron chi connectivity index (χ0n) is 9.19. The second kappa shape index (κ2) is 3.52. The number of nitrogens with two attached hydrogens (primary N) is 1. The van der Waals surface area contributed by atoms with E-state index < -0.39 is 0 Å². The molecule has 1 saturated carbocycles. The SMILES string of the molecule is NC1(CCc2ccc3cnncc3c2)CC1. The average Bonchev–Trinajstić information content (AvgIpc) is 3.05. The zero-order valence-corrected chi connectivity index (χ0v) is 9.19. The van der Waals surface area contributed by atoms with E-state index in [9.17, 15) is 0 Å². The maximum atomic E-state index is 6.08. The molecule has 3 nitrogen and oxygen atoms in total. The van der Waals surface area contributed by atoms with Crippen molar-refractivity contribution in [3.63, 3.8) is 0 Å². The molecule has 1 aliphatic carbocycles. The highest BCUT2D eigenvalue weighted by Gasteiger charge is 2.37. The Morgan fingerprint density at radius 3 is 2.62 bits per heavy atom. The molecule has 2 aromatic rings. The standard InChI is InChI=1S/C13H15N3/c14-13(5-6-13)4-3-10-1-2-11-8-15-16-9-12(11)7-10/h1-2,7-9H,3-6,14H2. The van der Waals surface area contributed by atoms with Crippen LogP contribution in [0.2, 0.25) is 0 Å². The number of hydrogen-bond donors (Lipinski definition) is 1. The van der Waals surface area contributed by atoms with Gasteiger partial charge in [-0.05, 0) is 37.3 Å². The van der Waals surface area contributed by atoms with Gasteiger partial charge in [-0.25, -0.2) is 0 Å². The fourth-order valence-corrected chi connectivity index (χ4v) is 2.00. The van der Waals surface area contributed by atoms with E-state index in [-0.39, 0.29) is 5.54 Å².